The first-order valence-electron chi connectivity index (χ1n) is 11.5. The van der Waals surface area contributed by atoms with Crippen molar-refractivity contribution in [3.63, 3.8) is 0 Å². The second-order valence-electron chi connectivity index (χ2n) is 7.88. The molecule has 0 amide bonds. The first-order valence-corrected chi connectivity index (χ1v) is 11.5. The van der Waals surface area contributed by atoms with Gasteiger partial charge in [0.15, 0.2) is 6.10 Å². The van der Waals surface area contributed by atoms with Gasteiger partial charge in [-0.2, -0.15) is 0 Å². The van der Waals surface area contributed by atoms with Gasteiger partial charge in [-0.25, -0.2) is 9.59 Å². The third-order valence-electron chi connectivity index (χ3n) is 5.25. The molecule has 0 aliphatic carbocycles. The summed E-state index contributed by atoms with van der Waals surface area (Å²) in [5.74, 6) is -0.336. The molecule has 0 spiro atoms. The van der Waals surface area contributed by atoms with Crippen molar-refractivity contribution in [3.05, 3.63) is 95.6 Å². The Bertz CT molecular complexity index is 1030. The molecule has 34 heavy (non-hydrogen) atoms. The highest BCUT2D eigenvalue weighted by molar-refractivity contribution is 5.90. The lowest BCUT2D eigenvalue weighted by Crippen LogP contribution is -2.19. The van der Waals surface area contributed by atoms with Crippen LogP contribution in [-0.4, -0.2) is 30.3 Å². The summed E-state index contributed by atoms with van der Waals surface area (Å²) in [7, 11) is 0. The van der Waals surface area contributed by atoms with Gasteiger partial charge in [0.2, 0.25) is 0 Å². The molecule has 3 aromatic rings. The van der Waals surface area contributed by atoms with Crippen LogP contribution < -0.4 is 4.74 Å². The van der Waals surface area contributed by atoms with Crippen molar-refractivity contribution in [2.75, 3.05) is 13.2 Å². The summed E-state index contributed by atoms with van der Waals surface area (Å²) in [5.41, 5.74) is 1.37. The second-order valence-corrected chi connectivity index (χ2v) is 7.88. The van der Waals surface area contributed by atoms with Crippen molar-refractivity contribution in [1.29, 1.82) is 0 Å². The highest BCUT2D eigenvalue weighted by atomic mass is 16.6. The average molecular weight is 463 g/mol. The minimum Gasteiger partial charge on any atom is -0.508 e. The van der Waals surface area contributed by atoms with E-state index in [1.165, 1.54) is 37.1 Å². The van der Waals surface area contributed by atoms with Crippen molar-refractivity contribution >= 4 is 11.9 Å². The van der Waals surface area contributed by atoms with Crippen LogP contribution in [0.3, 0.4) is 0 Å². The fourth-order valence-electron chi connectivity index (χ4n) is 3.30. The van der Waals surface area contributed by atoms with Gasteiger partial charge in [-0.3, -0.25) is 0 Å². The minimum absolute atomic E-state index is 0.0537. The lowest BCUT2D eigenvalue weighted by molar-refractivity contribution is -0.00134. The van der Waals surface area contributed by atoms with E-state index in [4.69, 9.17) is 14.2 Å². The van der Waals surface area contributed by atoms with Crippen LogP contribution in [0.5, 0.6) is 11.5 Å². The van der Waals surface area contributed by atoms with Crippen molar-refractivity contribution < 1.29 is 28.9 Å². The quantitative estimate of drug-likeness (QED) is 0.258. The summed E-state index contributed by atoms with van der Waals surface area (Å²) in [6.45, 7) is 2.68. The van der Waals surface area contributed by atoms with Crippen molar-refractivity contribution in [2.45, 2.75) is 38.7 Å². The van der Waals surface area contributed by atoms with Crippen LogP contribution in [0.25, 0.3) is 0 Å². The lowest BCUT2D eigenvalue weighted by Gasteiger charge is -2.18. The largest absolute Gasteiger partial charge is 0.508 e. The van der Waals surface area contributed by atoms with Gasteiger partial charge in [-0.1, -0.05) is 56.5 Å². The normalized spacial score (nSPS) is 11.4. The van der Waals surface area contributed by atoms with Gasteiger partial charge in [-0.15, -0.1) is 0 Å². The van der Waals surface area contributed by atoms with E-state index in [1.54, 1.807) is 36.4 Å². The minimum atomic E-state index is -0.780. The molecule has 0 aromatic heterocycles. The van der Waals surface area contributed by atoms with E-state index < -0.39 is 18.0 Å². The monoisotopic (exact) mass is 462 g/mol. The number of phenolic OH excluding ortho intramolecular Hbond substituents is 1. The first-order chi connectivity index (χ1) is 16.6. The third-order valence-corrected chi connectivity index (χ3v) is 5.25. The number of benzene rings is 3. The van der Waals surface area contributed by atoms with Crippen LogP contribution in [0.2, 0.25) is 0 Å². The molecule has 0 saturated carbocycles. The van der Waals surface area contributed by atoms with Crippen molar-refractivity contribution in [2.24, 2.45) is 0 Å². The number of ether oxygens (including phenoxy) is 3. The molecule has 178 valence electrons. The smallest absolute Gasteiger partial charge is 0.338 e. The molecule has 0 aliphatic rings. The number of hydrogen-bond acceptors (Lipinski definition) is 6. The molecule has 6 nitrogen and oxygen atoms in total. The van der Waals surface area contributed by atoms with E-state index in [9.17, 15) is 14.7 Å². The van der Waals surface area contributed by atoms with Gasteiger partial charge in [0, 0.05) is 0 Å². The Morgan fingerprint density at radius 3 is 2.12 bits per heavy atom. The van der Waals surface area contributed by atoms with Gasteiger partial charge in [0.1, 0.15) is 18.1 Å². The van der Waals surface area contributed by atoms with Crippen LogP contribution in [0.4, 0.5) is 0 Å². The number of hydrogen-bond donors (Lipinski definition) is 1. The predicted molar refractivity (Wildman–Crippen MR) is 129 cm³/mol. The molecule has 3 rings (SSSR count). The number of phenols is 1. The Kier molecular flexibility index (Phi) is 9.52. The van der Waals surface area contributed by atoms with Gasteiger partial charge in [0.25, 0.3) is 0 Å². The van der Waals surface area contributed by atoms with Gasteiger partial charge < -0.3 is 19.3 Å². The maximum Gasteiger partial charge on any atom is 0.338 e. The molecule has 1 N–H and O–H groups in total. The molecular formula is C28H30O6. The summed E-state index contributed by atoms with van der Waals surface area (Å²) in [4.78, 5) is 25.2. The van der Waals surface area contributed by atoms with Crippen LogP contribution in [0.1, 0.15) is 65.0 Å². The summed E-state index contributed by atoms with van der Waals surface area (Å²) < 4.78 is 16.8. The summed E-state index contributed by atoms with van der Waals surface area (Å²) in [5, 5.41) is 9.43. The van der Waals surface area contributed by atoms with Crippen LogP contribution in [0, 0.1) is 0 Å². The Labute approximate surface area is 200 Å². The Balaban J connectivity index is 1.58. The number of unbranched alkanes of at least 4 members (excludes halogenated alkanes) is 3. The maximum atomic E-state index is 12.6. The Morgan fingerprint density at radius 2 is 1.44 bits per heavy atom. The standard InChI is InChI=1S/C28H30O6/c1-2-3-4-8-19-32-25-17-13-22(14-18-25)27(30)33-20-26(21-9-6-5-7-10-21)34-28(31)23-11-15-24(29)16-12-23/h5-7,9-18,26,29H,2-4,8,19-20H2,1H3. The Hall–Kier alpha value is -3.80. The molecule has 0 heterocycles. The fourth-order valence-corrected chi connectivity index (χ4v) is 3.30. The average Bonchev–Trinajstić information content (AvgIpc) is 2.87. The SMILES string of the molecule is CCCCCCOc1ccc(C(=O)OCC(OC(=O)c2ccc(O)cc2)c2ccccc2)cc1. The van der Waals surface area contributed by atoms with Crippen LogP contribution in [-0.2, 0) is 9.47 Å². The van der Waals surface area contributed by atoms with Crippen molar-refractivity contribution in [3.8, 4) is 11.5 Å². The predicted octanol–water partition coefficient (Wildman–Crippen LogP) is 6.11. The number of carbonyl (C=O) groups is 2. The molecule has 0 fully saturated rings. The van der Waals surface area contributed by atoms with Gasteiger partial charge >= 0.3 is 11.9 Å². The van der Waals surface area contributed by atoms with Crippen LogP contribution >= 0.6 is 0 Å². The van der Waals surface area contributed by atoms with E-state index in [2.05, 4.69) is 6.92 Å². The molecule has 3 aromatic carbocycles. The molecule has 1 atom stereocenters. The van der Waals surface area contributed by atoms with Crippen molar-refractivity contribution in [1.82, 2.24) is 0 Å². The van der Waals surface area contributed by atoms with E-state index in [0.717, 1.165) is 12.8 Å². The number of carbonyl (C=O) groups excluding carboxylic acids is 2. The fraction of sp³-hybridized carbons (Fsp3) is 0.286. The second kappa shape index (κ2) is 13.0. The molecule has 0 bridgehead atoms. The zero-order valence-corrected chi connectivity index (χ0v) is 19.3. The summed E-state index contributed by atoms with van der Waals surface area (Å²) in [6.07, 6.45) is 3.74. The highest BCUT2D eigenvalue weighted by Crippen LogP contribution is 2.22. The molecular weight excluding hydrogens is 432 g/mol. The molecule has 6 heteroatoms. The van der Waals surface area contributed by atoms with E-state index >= 15 is 0 Å². The van der Waals surface area contributed by atoms with Gasteiger partial charge in [-0.05, 0) is 60.5 Å². The Morgan fingerprint density at radius 1 is 0.794 bits per heavy atom. The number of esters is 2. The van der Waals surface area contributed by atoms with Gasteiger partial charge in [0.05, 0.1) is 17.7 Å². The molecule has 0 saturated heterocycles. The zero-order valence-electron chi connectivity index (χ0n) is 19.3. The molecule has 0 aliphatic heterocycles. The van der Waals surface area contributed by atoms with Crippen LogP contribution in [0.15, 0.2) is 78.9 Å². The lowest BCUT2D eigenvalue weighted by atomic mass is 10.1. The zero-order chi connectivity index (χ0) is 24.2. The number of aromatic hydroxyl groups is 1. The topological polar surface area (TPSA) is 82.1 Å². The summed E-state index contributed by atoms with van der Waals surface area (Å²) >= 11 is 0. The molecule has 1 unspecified atom stereocenters. The summed E-state index contributed by atoms with van der Waals surface area (Å²) in [6, 6.07) is 21.7. The third kappa shape index (κ3) is 7.66. The molecule has 0 radical (unpaired) electrons. The van der Waals surface area contributed by atoms with E-state index in [-0.39, 0.29) is 17.9 Å². The number of rotatable bonds is 12. The van der Waals surface area contributed by atoms with E-state index in [1.807, 2.05) is 18.2 Å². The first kappa shape index (κ1) is 24.8. The maximum absolute atomic E-state index is 12.6. The highest BCUT2D eigenvalue weighted by Gasteiger charge is 2.21. The van der Waals surface area contributed by atoms with E-state index in [0.29, 0.717) is 23.5 Å².